The molecule has 0 aromatic heterocycles. The van der Waals surface area contributed by atoms with Crippen molar-refractivity contribution in [3.63, 3.8) is 0 Å². The Hall–Kier alpha value is -0.610. The van der Waals surface area contributed by atoms with E-state index >= 15 is 0 Å². The van der Waals surface area contributed by atoms with Crippen LogP contribution < -0.4 is 0 Å². The lowest BCUT2D eigenvalue weighted by atomic mass is 9.74. The molecule has 2 bridgehead atoms. The van der Waals surface area contributed by atoms with Crippen molar-refractivity contribution in [1.29, 1.82) is 0 Å². The van der Waals surface area contributed by atoms with Gasteiger partial charge in [-0.25, -0.2) is 0 Å². The van der Waals surface area contributed by atoms with Crippen molar-refractivity contribution >= 4 is 5.97 Å². The molecular formula is C11H16O4. The van der Waals surface area contributed by atoms with Crippen molar-refractivity contribution in [2.75, 3.05) is 0 Å². The van der Waals surface area contributed by atoms with Gasteiger partial charge in [-0.1, -0.05) is 0 Å². The maximum Gasteiger partial charge on any atom is 0.312 e. The second-order valence-corrected chi connectivity index (χ2v) is 5.55. The molecule has 0 aromatic carbocycles. The zero-order chi connectivity index (χ0) is 10.8. The highest BCUT2D eigenvalue weighted by molar-refractivity contribution is 5.79. The number of esters is 1. The Labute approximate surface area is 88.9 Å². The average Bonchev–Trinajstić information content (AvgIpc) is 2.50. The monoisotopic (exact) mass is 212 g/mol. The van der Waals surface area contributed by atoms with Gasteiger partial charge < -0.3 is 14.2 Å². The van der Waals surface area contributed by atoms with Crippen LogP contribution >= 0.6 is 0 Å². The highest BCUT2D eigenvalue weighted by Crippen LogP contribution is 2.50. The second-order valence-electron chi connectivity index (χ2n) is 5.55. The molecule has 2 saturated heterocycles. The molecule has 0 amide bonds. The zero-order valence-corrected chi connectivity index (χ0v) is 9.28. The predicted molar refractivity (Wildman–Crippen MR) is 51.0 cm³/mol. The van der Waals surface area contributed by atoms with Gasteiger partial charge in [-0.3, -0.25) is 4.79 Å². The van der Waals surface area contributed by atoms with E-state index in [4.69, 9.17) is 14.2 Å². The van der Waals surface area contributed by atoms with Gasteiger partial charge in [0.1, 0.15) is 12.2 Å². The van der Waals surface area contributed by atoms with Crippen LogP contribution in [-0.4, -0.2) is 30.1 Å². The van der Waals surface area contributed by atoms with Crippen LogP contribution in [0.1, 0.15) is 33.6 Å². The van der Waals surface area contributed by atoms with E-state index in [9.17, 15) is 4.79 Å². The maximum absolute atomic E-state index is 11.6. The van der Waals surface area contributed by atoms with Gasteiger partial charge in [-0.15, -0.1) is 0 Å². The molecule has 4 heteroatoms. The Morgan fingerprint density at radius 2 is 1.80 bits per heavy atom. The number of ether oxygens (including phenoxy) is 3. The van der Waals surface area contributed by atoms with Crippen molar-refractivity contribution in [3.8, 4) is 0 Å². The highest BCUT2D eigenvalue weighted by atomic mass is 16.8. The van der Waals surface area contributed by atoms with Crippen LogP contribution in [0.5, 0.6) is 0 Å². The molecule has 1 aliphatic carbocycles. The molecule has 2 heterocycles. The summed E-state index contributed by atoms with van der Waals surface area (Å²) < 4.78 is 16.9. The highest BCUT2D eigenvalue weighted by Gasteiger charge is 2.60. The standard InChI is InChI=1S/C11H16O4/c1-10(2)14-7-5-11(3)4-6(8(7)15-10)13-9(11)12/h6-8H,4-5H2,1-3H3/t6?,7-,8+,11?/m1/s1. The summed E-state index contributed by atoms with van der Waals surface area (Å²) in [6.45, 7) is 5.77. The van der Waals surface area contributed by atoms with Crippen LogP contribution in [0, 0.1) is 5.41 Å². The van der Waals surface area contributed by atoms with E-state index in [-0.39, 0.29) is 29.7 Å². The minimum absolute atomic E-state index is 0.00944. The molecule has 4 nitrogen and oxygen atoms in total. The van der Waals surface area contributed by atoms with Crippen molar-refractivity contribution in [2.45, 2.75) is 57.7 Å². The van der Waals surface area contributed by atoms with E-state index in [2.05, 4.69) is 0 Å². The largest absolute Gasteiger partial charge is 0.459 e. The average molecular weight is 212 g/mol. The molecule has 0 aromatic rings. The number of carbonyl (C=O) groups excluding carboxylic acids is 1. The summed E-state index contributed by atoms with van der Waals surface area (Å²) in [4.78, 5) is 11.6. The molecule has 3 fully saturated rings. The Morgan fingerprint density at radius 3 is 2.53 bits per heavy atom. The third kappa shape index (κ3) is 1.24. The van der Waals surface area contributed by atoms with Gasteiger partial charge >= 0.3 is 5.97 Å². The SMILES string of the molecule is CC1(C)O[C@@H]2CC3(C)CC(OC3=O)[C@@H]2O1. The van der Waals surface area contributed by atoms with Gasteiger partial charge in [0.2, 0.25) is 0 Å². The molecule has 3 rings (SSSR count). The fourth-order valence-corrected chi connectivity index (χ4v) is 2.98. The maximum atomic E-state index is 11.6. The van der Waals surface area contributed by atoms with Gasteiger partial charge in [-0.05, 0) is 27.2 Å². The van der Waals surface area contributed by atoms with E-state index < -0.39 is 5.79 Å². The number of fused-ring (bicyclic) bond motifs is 4. The quantitative estimate of drug-likeness (QED) is 0.566. The predicted octanol–water partition coefficient (Wildman–Crippen LogP) is 1.23. The van der Waals surface area contributed by atoms with Crippen LogP contribution in [0.25, 0.3) is 0 Å². The third-order valence-corrected chi connectivity index (χ3v) is 3.64. The number of carbonyl (C=O) groups is 1. The minimum Gasteiger partial charge on any atom is -0.459 e. The lowest BCUT2D eigenvalue weighted by molar-refractivity contribution is -0.168. The van der Waals surface area contributed by atoms with E-state index in [1.54, 1.807) is 0 Å². The van der Waals surface area contributed by atoms with Crippen molar-refractivity contribution in [3.05, 3.63) is 0 Å². The molecule has 2 unspecified atom stereocenters. The zero-order valence-electron chi connectivity index (χ0n) is 9.28. The fraction of sp³-hybridized carbons (Fsp3) is 0.909. The van der Waals surface area contributed by atoms with Gasteiger partial charge in [0.25, 0.3) is 0 Å². The molecule has 0 N–H and O–H groups in total. The van der Waals surface area contributed by atoms with Crippen molar-refractivity contribution in [1.82, 2.24) is 0 Å². The summed E-state index contributed by atoms with van der Waals surface area (Å²) >= 11 is 0. The van der Waals surface area contributed by atoms with E-state index in [1.165, 1.54) is 0 Å². The normalized spacial score (nSPS) is 51.4. The summed E-state index contributed by atoms with van der Waals surface area (Å²) in [5, 5.41) is 0. The third-order valence-electron chi connectivity index (χ3n) is 3.64. The Kier molecular flexibility index (Phi) is 1.63. The van der Waals surface area contributed by atoms with Crippen LogP contribution in [0.2, 0.25) is 0 Å². The lowest BCUT2D eigenvalue weighted by Crippen LogP contribution is -2.42. The molecule has 0 radical (unpaired) electrons. The Balaban J connectivity index is 1.90. The van der Waals surface area contributed by atoms with E-state index in [1.807, 2.05) is 20.8 Å². The molecule has 15 heavy (non-hydrogen) atoms. The molecule has 3 aliphatic rings. The molecule has 1 saturated carbocycles. The van der Waals surface area contributed by atoms with Gasteiger partial charge in [0, 0.05) is 6.42 Å². The number of rotatable bonds is 0. The second kappa shape index (κ2) is 2.55. The first-order valence-electron chi connectivity index (χ1n) is 5.46. The summed E-state index contributed by atoms with van der Waals surface area (Å²) in [5.41, 5.74) is -0.352. The fourth-order valence-electron chi connectivity index (χ4n) is 2.98. The van der Waals surface area contributed by atoms with Crippen LogP contribution in [0.15, 0.2) is 0 Å². The molecule has 2 aliphatic heterocycles. The topological polar surface area (TPSA) is 44.8 Å². The molecule has 4 atom stereocenters. The Morgan fingerprint density at radius 1 is 1.13 bits per heavy atom. The van der Waals surface area contributed by atoms with Crippen LogP contribution in [-0.2, 0) is 19.0 Å². The number of hydrogen-bond donors (Lipinski definition) is 0. The van der Waals surface area contributed by atoms with Gasteiger partial charge in [0.15, 0.2) is 5.79 Å². The summed E-state index contributed by atoms with van der Waals surface area (Å²) in [6.07, 6.45) is 1.32. The summed E-state index contributed by atoms with van der Waals surface area (Å²) in [5.74, 6) is -0.630. The summed E-state index contributed by atoms with van der Waals surface area (Å²) in [6, 6.07) is 0. The molecule has 84 valence electrons. The van der Waals surface area contributed by atoms with E-state index in [0.29, 0.717) is 0 Å². The summed E-state index contributed by atoms with van der Waals surface area (Å²) in [7, 11) is 0. The first-order valence-corrected chi connectivity index (χ1v) is 5.46. The minimum atomic E-state index is -0.539. The first kappa shape index (κ1) is 9.60. The molecule has 0 spiro atoms. The van der Waals surface area contributed by atoms with Crippen LogP contribution in [0.4, 0.5) is 0 Å². The smallest absolute Gasteiger partial charge is 0.312 e. The van der Waals surface area contributed by atoms with E-state index in [0.717, 1.165) is 12.8 Å². The van der Waals surface area contributed by atoms with Gasteiger partial charge in [0.05, 0.1) is 11.5 Å². The van der Waals surface area contributed by atoms with Crippen molar-refractivity contribution in [2.24, 2.45) is 5.41 Å². The Bertz CT molecular complexity index is 325. The number of hydrogen-bond acceptors (Lipinski definition) is 4. The lowest BCUT2D eigenvalue weighted by Gasteiger charge is -2.30. The van der Waals surface area contributed by atoms with Gasteiger partial charge in [-0.2, -0.15) is 0 Å². The van der Waals surface area contributed by atoms with Crippen molar-refractivity contribution < 1.29 is 19.0 Å². The van der Waals surface area contributed by atoms with Crippen LogP contribution in [0.3, 0.4) is 0 Å². The first-order chi connectivity index (χ1) is 6.90. The molecular weight excluding hydrogens is 196 g/mol.